The van der Waals surface area contributed by atoms with Crippen molar-refractivity contribution in [2.75, 3.05) is 31.3 Å². The quantitative estimate of drug-likeness (QED) is 0.208. The molecule has 0 radical (unpaired) electrons. The molecule has 0 saturated carbocycles. The number of rotatable bonds is 7. The molecule has 2 atom stereocenters. The van der Waals surface area contributed by atoms with Gasteiger partial charge in [0.1, 0.15) is 0 Å². The summed E-state index contributed by atoms with van der Waals surface area (Å²) in [5.74, 6) is -0.285. The van der Waals surface area contributed by atoms with Crippen molar-refractivity contribution in [1.82, 2.24) is 15.6 Å². The van der Waals surface area contributed by atoms with Crippen molar-refractivity contribution in [1.29, 1.82) is 0 Å². The van der Waals surface area contributed by atoms with Crippen LogP contribution in [0.25, 0.3) is 11.6 Å². The van der Waals surface area contributed by atoms with Crippen LogP contribution in [0.4, 0.5) is 5.69 Å². The van der Waals surface area contributed by atoms with E-state index in [2.05, 4.69) is 33.6 Å². The van der Waals surface area contributed by atoms with Gasteiger partial charge in [-0.05, 0) is 68.8 Å². The van der Waals surface area contributed by atoms with Crippen LogP contribution in [0.2, 0.25) is 0 Å². The summed E-state index contributed by atoms with van der Waals surface area (Å²) in [6.45, 7) is 7.63. The van der Waals surface area contributed by atoms with Crippen molar-refractivity contribution in [3.63, 3.8) is 0 Å². The van der Waals surface area contributed by atoms with E-state index in [9.17, 15) is 14.4 Å². The lowest BCUT2D eigenvalue weighted by Crippen LogP contribution is -2.30. The summed E-state index contributed by atoms with van der Waals surface area (Å²) in [6.07, 6.45) is 4.39. The maximum Gasteiger partial charge on any atom is 0.256 e. The Balaban J connectivity index is 0.00000181. The molecule has 2 aliphatic heterocycles. The van der Waals surface area contributed by atoms with E-state index in [1.807, 2.05) is 51.1 Å². The van der Waals surface area contributed by atoms with Gasteiger partial charge in [0.05, 0.1) is 23.8 Å². The van der Waals surface area contributed by atoms with Crippen molar-refractivity contribution < 1.29 is 19.1 Å². The fraction of sp³-hybridized carbons (Fsp3) is 0.323. The lowest BCUT2D eigenvalue weighted by Gasteiger charge is -2.14. The van der Waals surface area contributed by atoms with Crippen molar-refractivity contribution in [2.45, 2.75) is 33.2 Å². The summed E-state index contributed by atoms with van der Waals surface area (Å²) in [6, 6.07) is 14.8. The fourth-order valence-corrected chi connectivity index (χ4v) is 5.05. The Morgan fingerprint density at radius 3 is 2.58 bits per heavy atom. The number of amides is 3. The molecule has 0 bridgehead atoms. The van der Waals surface area contributed by atoms with E-state index >= 15 is 0 Å². The minimum Gasteiger partial charge on any atom is -0.381 e. The maximum absolute atomic E-state index is 13.0. The molecule has 4 N–H and O–H groups in total. The van der Waals surface area contributed by atoms with Crippen LogP contribution in [0.1, 0.15) is 68.2 Å². The highest BCUT2D eigenvalue weighted by atomic mass is 32.1. The number of anilines is 1. The van der Waals surface area contributed by atoms with Crippen LogP contribution in [0, 0.1) is 19.8 Å². The van der Waals surface area contributed by atoms with Gasteiger partial charge in [-0.3, -0.25) is 14.4 Å². The van der Waals surface area contributed by atoms with Gasteiger partial charge in [-0.25, -0.2) is 0 Å². The molecule has 210 valence electrons. The number of aromatic amines is 1. The number of hydrogen-bond acceptors (Lipinski definition) is 5. The minimum absolute atomic E-state index is 0.143. The normalized spacial score (nSPS) is 17.5. The van der Waals surface area contributed by atoms with Crippen LogP contribution in [0.3, 0.4) is 0 Å². The lowest BCUT2D eigenvalue weighted by molar-refractivity contribution is -0.110. The number of H-pyrrole nitrogens is 1. The van der Waals surface area contributed by atoms with E-state index in [-0.39, 0.29) is 23.8 Å². The number of thiol groups is 1. The number of hydrogen-bond donors (Lipinski definition) is 5. The Hall–Kier alpha value is -3.82. The zero-order valence-corrected chi connectivity index (χ0v) is 24.2. The average molecular weight is 561 g/mol. The van der Waals surface area contributed by atoms with E-state index in [0.717, 1.165) is 29.8 Å². The van der Waals surface area contributed by atoms with E-state index in [0.29, 0.717) is 52.7 Å². The third-order valence-corrected chi connectivity index (χ3v) is 7.28. The Morgan fingerprint density at radius 2 is 1.88 bits per heavy atom. The van der Waals surface area contributed by atoms with Gasteiger partial charge in [0.25, 0.3) is 17.7 Å². The summed E-state index contributed by atoms with van der Waals surface area (Å²) in [5, 5.41) is 8.91. The van der Waals surface area contributed by atoms with Gasteiger partial charge >= 0.3 is 0 Å². The highest BCUT2D eigenvalue weighted by Gasteiger charge is 2.27. The second-order valence-electron chi connectivity index (χ2n) is 9.98. The molecule has 3 aromatic rings. The second-order valence-corrected chi connectivity index (χ2v) is 9.98. The SMILES string of the molecule is CS.Cc1[nH]c(/C=C2\C(=O)Nc3ccc(C(=O)NC(C)c4ccccc4)cc32)c(C)c1C(=O)NCC1CCOC1. The molecule has 0 spiro atoms. The molecule has 2 aromatic carbocycles. The minimum atomic E-state index is -0.255. The second kappa shape index (κ2) is 13.0. The molecule has 9 heteroatoms. The van der Waals surface area contributed by atoms with Gasteiger partial charge in [0.15, 0.2) is 0 Å². The topological polar surface area (TPSA) is 112 Å². The number of aromatic nitrogens is 1. The Labute approximate surface area is 240 Å². The maximum atomic E-state index is 13.0. The molecule has 2 unspecified atom stereocenters. The molecule has 1 fully saturated rings. The number of fused-ring (bicyclic) bond motifs is 1. The molecule has 1 aromatic heterocycles. The molecular weight excluding hydrogens is 524 g/mol. The predicted molar refractivity (Wildman–Crippen MR) is 162 cm³/mol. The summed E-state index contributed by atoms with van der Waals surface area (Å²) >= 11 is 3.53. The Kier molecular flexibility index (Phi) is 9.50. The lowest BCUT2D eigenvalue weighted by atomic mass is 10.0. The van der Waals surface area contributed by atoms with Crippen molar-refractivity contribution >= 4 is 47.7 Å². The fourth-order valence-electron chi connectivity index (χ4n) is 5.05. The van der Waals surface area contributed by atoms with Gasteiger partial charge in [-0.1, -0.05) is 30.3 Å². The largest absolute Gasteiger partial charge is 0.381 e. The molecule has 3 heterocycles. The number of nitrogens with one attached hydrogen (secondary N) is 4. The van der Waals surface area contributed by atoms with Crippen molar-refractivity contribution in [2.24, 2.45) is 5.92 Å². The number of ether oxygens (including phenoxy) is 1. The Morgan fingerprint density at radius 1 is 1.12 bits per heavy atom. The van der Waals surface area contributed by atoms with Crippen LogP contribution in [-0.4, -0.2) is 48.7 Å². The van der Waals surface area contributed by atoms with Gasteiger partial charge < -0.3 is 25.7 Å². The highest BCUT2D eigenvalue weighted by molar-refractivity contribution is 7.79. The van der Waals surface area contributed by atoms with Crippen LogP contribution in [0.5, 0.6) is 0 Å². The van der Waals surface area contributed by atoms with E-state index in [4.69, 9.17) is 4.74 Å². The molecular formula is C31H36N4O4S. The molecule has 8 nitrogen and oxygen atoms in total. The molecule has 2 aliphatic rings. The summed E-state index contributed by atoms with van der Waals surface area (Å²) in [4.78, 5) is 42.1. The van der Waals surface area contributed by atoms with E-state index < -0.39 is 0 Å². The highest BCUT2D eigenvalue weighted by Crippen LogP contribution is 2.35. The summed E-state index contributed by atoms with van der Waals surface area (Å²) in [5.41, 5.74) is 5.96. The first-order chi connectivity index (χ1) is 19.3. The number of aryl methyl sites for hydroxylation is 1. The van der Waals surface area contributed by atoms with Crippen LogP contribution in [-0.2, 0) is 9.53 Å². The molecule has 5 rings (SSSR count). The van der Waals surface area contributed by atoms with Crippen molar-refractivity contribution in [3.05, 3.63) is 87.7 Å². The molecule has 1 saturated heterocycles. The van der Waals surface area contributed by atoms with Crippen molar-refractivity contribution in [3.8, 4) is 0 Å². The first kappa shape index (κ1) is 29.2. The monoisotopic (exact) mass is 560 g/mol. The zero-order chi connectivity index (χ0) is 28.8. The van der Waals surface area contributed by atoms with E-state index in [1.165, 1.54) is 0 Å². The first-order valence-corrected chi connectivity index (χ1v) is 14.2. The predicted octanol–water partition coefficient (Wildman–Crippen LogP) is 4.93. The van der Waals surface area contributed by atoms with Gasteiger partial charge in [0.2, 0.25) is 0 Å². The van der Waals surface area contributed by atoms with Crippen LogP contribution >= 0.6 is 12.6 Å². The smallest absolute Gasteiger partial charge is 0.256 e. The first-order valence-electron chi connectivity index (χ1n) is 13.3. The number of carbonyl (C=O) groups excluding carboxylic acids is 3. The van der Waals surface area contributed by atoms with Crippen LogP contribution < -0.4 is 16.0 Å². The van der Waals surface area contributed by atoms with Gasteiger partial charge in [0, 0.05) is 47.3 Å². The standard InChI is InChI=1S/C30H32N4O4.CH4S/c1-17-26(32-19(3)27(17)30(37)31-15-20-11-12-38-16-20)14-24-23-13-22(9-10-25(23)34-29(24)36)28(35)33-18(2)21-7-5-4-6-8-21;1-2/h4-10,13-14,18,20,32H,11-12,15-16H2,1-3H3,(H,31,37)(H,33,35)(H,34,36);2H,1H3/b24-14-;. The zero-order valence-electron chi connectivity index (χ0n) is 23.3. The molecule has 0 aliphatic carbocycles. The molecule has 3 amide bonds. The summed E-state index contributed by atoms with van der Waals surface area (Å²) in [7, 11) is 0. The van der Waals surface area contributed by atoms with Gasteiger partial charge in [-0.2, -0.15) is 12.6 Å². The number of carbonyl (C=O) groups is 3. The molecule has 40 heavy (non-hydrogen) atoms. The summed E-state index contributed by atoms with van der Waals surface area (Å²) < 4.78 is 5.39. The third kappa shape index (κ3) is 6.32. The van der Waals surface area contributed by atoms with E-state index in [1.54, 1.807) is 30.5 Å². The Bertz CT molecular complexity index is 1420. The average Bonchev–Trinajstić information content (AvgIpc) is 3.67. The third-order valence-electron chi connectivity index (χ3n) is 7.28. The number of benzene rings is 2. The van der Waals surface area contributed by atoms with Gasteiger partial charge in [-0.15, -0.1) is 0 Å². The van der Waals surface area contributed by atoms with Crippen LogP contribution in [0.15, 0.2) is 48.5 Å².